The van der Waals surface area contributed by atoms with Crippen molar-refractivity contribution in [3.8, 4) is 0 Å². The maximum absolute atomic E-state index is 11.7. The summed E-state index contributed by atoms with van der Waals surface area (Å²) in [5, 5.41) is 5.94. The quantitative estimate of drug-likeness (QED) is 0.858. The number of hydrogen-bond donors (Lipinski definition) is 2. The SMILES string of the molecule is CC(=O)Nc1cc(C23CC4CC(CC(C4)C2)C3)cc(NC(C)=O)c1C. The molecule has 0 aromatic heterocycles. The molecule has 134 valence electrons. The average Bonchev–Trinajstić information content (AvgIpc) is 2.48. The van der Waals surface area contributed by atoms with Crippen LogP contribution in [0, 0.1) is 24.7 Å². The molecule has 0 unspecified atom stereocenters. The molecule has 0 spiro atoms. The van der Waals surface area contributed by atoms with Crippen LogP contribution in [0.15, 0.2) is 12.1 Å². The summed E-state index contributed by atoms with van der Waals surface area (Å²) in [7, 11) is 0. The van der Waals surface area contributed by atoms with Crippen LogP contribution in [-0.2, 0) is 15.0 Å². The van der Waals surface area contributed by atoms with E-state index in [0.717, 1.165) is 34.7 Å². The minimum absolute atomic E-state index is 0.0699. The zero-order valence-corrected chi connectivity index (χ0v) is 15.4. The van der Waals surface area contributed by atoms with E-state index in [1.54, 1.807) is 0 Å². The van der Waals surface area contributed by atoms with Crippen molar-refractivity contribution >= 4 is 23.2 Å². The highest BCUT2D eigenvalue weighted by atomic mass is 16.2. The third-order valence-corrected chi connectivity index (χ3v) is 6.68. The van der Waals surface area contributed by atoms with Crippen molar-refractivity contribution in [2.75, 3.05) is 10.6 Å². The highest BCUT2D eigenvalue weighted by Crippen LogP contribution is 2.61. The van der Waals surface area contributed by atoms with Crippen LogP contribution in [0.3, 0.4) is 0 Å². The van der Waals surface area contributed by atoms with E-state index in [9.17, 15) is 9.59 Å². The summed E-state index contributed by atoms with van der Waals surface area (Å²) in [6.07, 6.45) is 8.01. The second kappa shape index (κ2) is 5.86. The Morgan fingerprint density at radius 1 is 0.880 bits per heavy atom. The maximum Gasteiger partial charge on any atom is 0.221 e. The largest absolute Gasteiger partial charge is 0.326 e. The molecule has 4 nitrogen and oxygen atoms in total. The molecule has 0 radical (unpaired) electrons. The molecule has 0 atom stereocenters. The Morgan fingerprint density at radius 3 is 1.64 bits per heavy atom. The standard InChI is InChI=1S/C21H28N2O2/c1-12-19(22-13(2)24)7-18(8-20(12)23-14(3)25)21-9-15-4-16(10-21)6-17(5-15)11-21/h7-8,15-17H,4-6,9-11H2,1-3H3,(H,22,24)(H,23,25). The zero-order valence-electron chi connectivity index (χ0n) is 15.4. The van der Waals surface area contributed by atoms with Gasteiger partial charge in [0.05, 0.1) is 0 Å². The Balaban J connectivity index is 1.78. The van der Waals surface area contributed by atoms with E-state index in [2.05, 4.69) is 22.8 Å². The number of rotatable bonds is 3. The van der Waals surface area contributed by atoms with Gasteiger partial charge in [-0.25, -0.2) is 0 Å². The lowest BCUT2D eigenvalue weighted by Crippen LogP contribution is -2.48. The summed E-state index contributed by atoms with van der Waals surface area (Å²) in [6.45, 7) is 5.03. The molecule has 2 N–H and O–H groups in total. The average molecular weight is 340 g/mol. The third kappa shape index (κ3) is 2.96. The van der Waals surface area contributed by atoms with Crippen molar-refractivity contribution < 1.29 is 9.59 Å². The van der Waals surface area contributed by atoms with E-state index in [1.165, 1.54) is 57.9 Å². The van der Waals surface area contributed by atoms with Gasteiger partial charge < -0.3 is 10.6 Å². The van der Waals surface area contributed by atoms with Crippen molar-refractivity contribution in [3.63, 3.8) is 0 Å². The van der Waals surface area contributed by atoms with Crippen LogP contribution >= 0.6 is 0 Å². The molecule has 4 bridgehead atoms. The predicted molar refractivity (Wildman–Crippen MR) is 99.6 cm³/mol. The lowest BCUT2D eigenvalue weighted by Gasteiger charge is -2.57. The predicted octanol–water partition coefficient (Wildman–Crippen LogP) is 4.38. The van der Waals surface area contributed by atoms with Crippen LogP contribution < -0.4 is 10.6 Å². The lowest BCUT2D eigenvalue weighted by atomic mass is 9.48. The van der Waals surface area contributed by atoms with Gasteiger partial charge in [-0.1, -0.05) is 0 Å². The van der Waals surface area contributed by atoms with Gasteiger partial charge >= 0.3 is 0 Å². The first-order chi connectivity index (χ1) is 11.8. The second-order valence-electron chi connectivity index (χ2n) is 8.76. The first-order valence-electron chi connectivity index (χ1n) is 9.55. The summed E-state index contributed by atoms with van der Waals surface area (Å²) in [5.41, 5.74) is 4.15. The van der Waals surface area contributed by atoms with Crippen molar-refractivity contribution in [2.24, 2.45) is 17.8 Å². The Labute approximate surface area is 149 Å². The van der Waals surface area contributed by atoms with Crippen LogP contribution in [0.5, 0.6) is 0 Å². The molecule has 4 saturated carbocycles. The molecule has 4 aliphatic rings. The first kappa shape index (κ1) is 16.6. The molecule has 25 heavy (non-hydrogen) atoms. The molecular formula is C21H28N2O2. The van der Waals surface area contributed by atoms with Gasteiger partial charge in [0, 0.05) is 25.2 Å². The summed E-state index contributed by atoms with van der Waals surface area (Å²) >= 11 is 0. The van der Waals surface area contributed by atoms with Crippen molar-refractivity contribution in [1.29, 1.82) is 0 Å². The number of anilines is 2. The molecule has 4 aliphatic carbocycles. The maximum atomic E-state index is 11.7. The van der Waals surface area contributed by atoms with Gasteiger partial charge in [-0.05, 0) is 91.9 Å². The minimum atomic E-state index is -0.0699. The molecule has 1 aromatic rings. The van der Waals surface area contributed by atoms with Crippen molar-refractivity contribution in [3.05, 3.63) is 23.3 Å². The fourth-order valence-electron chi connectivity index (χ4n) is 6.12. The van der Waals surface area contributed by atoms with Crippen molar-refractivity contribution in [1.82, 2.24) is 0 Å². The normalized spacial score (nSPS) is 32.5. The number of carbonyl (C=O) groups is 2. The highest BCUT2D eigenvalue weighted by Gasteiger charge is 2.51. The topological polar surface area (TPSA) is 58.2 Å². The number of carbonyl (C=O) groups excluding carboxylic acids is 2. The number of hydrogen-bond acceptors (Lipinski definition) is 2. The third-order valence-electron chi connectivity index (χ3n) is 6.68. The molecular weight excluding hydrogens is 312 g/mol. The minimum Gasteiger partial charge on any atom is -0.326 e. The summed E-state index contributed by atoms with van der Waals surface area (Å²) in [5.74, 6) is 2.45. The highest BCUT2D eigenvalue weighted by molar-refractivity contribution is 5.94. The summed E-state index contributed by atoms with van der Waals surface area (Å²) in [4.78, 5) is 23.3. The molecule has 1 aromatic carbocycles. The van der Waals surface area contributed by atoms with Crippen LogP contribution in [0.4, 0.5) is 11.4 Å². The number of benzene rings is 1. The van der Waals surface area contributed by atoms with Gasteiger partial charge in [0.25, 0.3) is 0 Å². The van der Waals surface area contributed by atoms with E-state index in [1.807, 2.05) is 6.92 Å². The first-order valence-corrected chi connectivity index (χ1v) is 9.55. The Bertz CT molecular complexity index is 665. The van der Waals surface area contributed by atoms with Crippen LogP contribution in [0.25, 0.3) is 0 Å². The number of amides is 2. The van der Waals surface area contributed by atoms with Gasteiger partial charge in [0.2, 0.25) is 11.8 Å². The van der Waals surface area contributed by atoms with E-state index in [4.69, 9.17) is 0 Å². The second-order valence-corrected chi connectivity index (χ2v) is 8.76. The van der Waals surface area contributed by atoms with Crippen LogP contribution in [0.2, 0.25) is 0 Å². The Kier molecular flexibility index (Phi) is 3.89. The monoisotopic (exact) mass is 340 g/mol. The van der Waals surface area contributed by atoms with E-state index < -0.39 is 0 Å². The van der Waals surface area contributed by atoms with Crippen molar-refractivity contribution in [2.45, 2.75) is 64.7 Å². The van der Waals surface area contributed by atoms with Crippen LogP contribution in [-0.4, -0.2) is 11.8 Å². The molecule has 0 heterocycles. The van der Waals surface area contributed by atoms with Gasteiger partial charge in [-0.15, -0.1) is 0 Å². The van der Waals surface area contributed by atoms with E-state index >= 15 is 0 Å². The smallest absolute Gasteiger partial charge is 0.221 e. The fraction of sp³-hybridized carbons (Fsp3) is 0.619. The molecule has 5 rings (SSSR count). The summed E-state index contributed by atoms with van der Waals surface area (Å²) in [6, 6.07) is 4.35. The molecule has 0 aliphatic heterocycles. The Morgan fingerprint density at radius 2 is 1.28 bits per heavy atom. The number of nitrogens with one attached hydrogen (secondary N) is 2. The van der Waals surface area contributed by atoms with Gasteiger partial charge in [0.15, 0.2) is 0 Å². The molecule has 4 heteroatoms. The molecule has 4 fully saturated rings. The van der Waals surface area contributed by atoms with Crippen LogP contribution in [0.1, 0.15) is 63.5 Å². The molecule has 2 amide bonds. The summed E-state index contributed by atoms with van der Waals surface area (Å²) < 4.78 is 0. The zero-order chi connectivity index (χ0) is 17.8. The lowest BCUT2D eigenvalue weighted by molar-refractivity contribution is -0.115. The van der Waals surface area contributed by atoms with Gasteiger partial charge in [0.1, 0.15) is 0 Å². The molecule has 0 saturated heterocycles. The van der Waals surface area contributed by atoms with Gasteiger partial charge in [-0.2, -0.15) is 0 Å². The van der Waals surface area contributed by atoms with Gasteiger partial charge in [-0.3, -0.25) is 9.59 Å². The fourth-order valence-corrected chi connectivity index (χ4v) is 6.12. The van der Waals surface area contributed by atoms with E-state index in [-0.39, 0.29) is 17.2 Å². The van der Waals surface area contributed by atoms with E-state index in [0.29, 0.717) is 0 Å². The Hall–Kier alpha value is -1.84.